The lowest BCUT2D eigenvalue weighted by molar-refractivity contribution is 0.486. The molecular formula is C27H21BN2O5S2. The predicted molar refractivity (Wildman–Crippen MR) is 143 cm³/mol. The van der Waals surface area contributed by atoms with Crippen molar-refractivity contribution in [2.45, 2.75) is 23.6 Å². The highest BCUT2D eigenvalue weighted by Gasteiger charge is 2.23. The third-order valence-corrected chi connectivity index (χ3v) is 8.82. The summed E-state index contributed by atoms with van der Waals surface area (Å²) in [6.07, 6.45) is 2.89. The van der Waals surface area contributed by atoms with Gasteiger partial charge in [0.2, 0.25) is 0 Å². The van der Waals surface area contributed by atoms with Gasteiger partial charge in [-0.3, -0.25) is 0 Å². The lowest BCUT2D eigenvalue weighted by atomic mass is 9.96. The Morgan fingerprint density at radius 2 is 1.35 bits per heavy atom. The first kappa shape index (κ1) is 24.8. The Hall–Kier alpha value is -3.89. The molecule has 0 aliphatic carbocycles. The molecule has 0 spiro atoms. The van der Waals surface area contributed by atoms with E-state index in [4.69, 9.17) is 12.0 Å². The van der Waals surface area contributed by atoms with E-state index >= 15 is 0 Å². The van der Waals surface area contributed by atoms with Crippen LogP contribution in [0.2, 0.25) is 0 Å². The minimum atomic E-state index is -4.01. The van der Waals surface area contributed by atoms with E-state index in [1.54, 1.807) is 54.6 Å². The van der Waals surface area contributed by atoms with Gasteiger partial charge in [0.25, 0.3) is 10.0 Å². The number of rotatable bonds is 6. The van der Waals surface area contributed by atoms with E-state index in [-0.39, 0.29) is 21.2 Å². The second kappa shape index (κ2) is 9.21. The maximum absolute atomic E-state index is 13.5. The molecule has 2 heterocycles. The number of aromatic nitrogens is 2. The zero-order valence-electron chi connectivity index (χ0n) is 20.0. The maximum Gasteiger partial charge on any atom is 0.339 e. The molecule has 10 heteroatoms. The lowest BCUT2D eigenvalue weighted by Gasteiger charge is -2.08. The van der Waals surface area contributed by atoms with Crippen LogP contribution in [-0.2, 0) is 20.1 Å². The largest absolute Gasteiger partial charge is 0.379 e. The van der Waals surface area contributed by atoms with Crippen molar-refractivity contribution in [2.75, 3.05) is 0 Å². The molecule has 0 bridgehead atoms. The van der Waals surface area contributed by atoms with E-state index in [1.165, 1.54) is 36.7 Å². The van der Waals surface area contributed by atoms with E-state index in [2.05, 4.69) is 4.98 Å². The number of hydrogen-bond donors (Lipinski definition) is 0. The van der Waals surface area contributed by atoms with Crippen molar-refractivity contribution >= 4 is 44.5 Å². The van der Waals surface area contributed by atoms with Gasteiger partial charge in [0.05, 0.1) is 4.90 Å². The molecule has 37 heavy (non-hydrogen) atoms. The predicted octanol–water partition coefficient (Wildman–Crippen LogP) is 4.12. The SMILES string of the molecule is [B]c1cnc2c(c1)c(-c1ccc(OS(=O)(=O)c3ccc(C)cc3)cc1)cn2S(=O)(=O)c1ccc(C)cc1. The number of aryl methyl sites for hydroxylation is 2. The molecular weight excluding hydrogens is 507 g/mol. The number of pyridine rings is 1. The Morgan fingerprint density at radius 1 is 0.784 bits per heavy atom. The van der Waals surface area contributed by atoms with E-state index in [1.807, 2.05) is 13.8 Å². The molecule has 0 atom stereocenters. The summed E-state index contributed by atoms with van der Waals surface area (Å²) >= 11 is 0. The summed E-state index contributed by atoms with van der Waals surface area (Å²) in [6.45, 7) is 3.74. The summed E-state index contributed by atoms with van der Waals surface area (Å²) in [7, 11) is -1.98. The third-order valence-electron chi connectivity index (χ3n) is 5.89. The fraction of sp³-hybridized carbons (Fsp3) is 0.0741. The topological polar surface area (TPSA) is 95.3 Å². The van der Waals surface area contributed by atoms with Gasteiger partial charge in [0.15, 0.2) is 5.65 Å². The summed E-state index contributed by atoms with van der Waals surface area (Å²) in [5.74, 6) is 0.123. The Bertz CT molecular complexity index is 1830. The summed E-state index contributed by atoms with van der Waals surface area (Å²) in [4.78, 5) is 4.48. The highest BCUT2D eigenvalue weighted by molar-refractivity contribution is 7.90. The zero-order valence-corrected chi connectivity index (χ0v) is 21.6. The second-order valence-corrected chi connectivity index (χ2v) is 12.0. The smallest absolute Gasteiger partial charge is 0.339 e. The number of nitrogens with zero attached hydrogens (tertiary/aromatic N) is 2. The van der Waals surface area contributed by atoms with E-state index < -0.39 is 20.1 Å². The normalized spacial score (nSPS) is 12.1. The molecule has 5 aromatic rings. The molecule has 3 aromatic carbocycles. The molecule has 0 N–H and O–H groups in total. The lowest BCUT2D eigenvalue weighted by Crippen LogP contribution is -2.13. The van der Waals surface area contributed by atoms with Crippen molar-refractivity contribution in [3.63, 3.8) is 0 Å². The fourth-order valence-corrected chi connectivity index (χ4v) is 6.16. The Labute approximate surface area is 217 Å². The van der Waals surface area contributed by atoms with Gasteiger partial charge in [-0.15, -0.1) is 0 Å². The molecule has 0 amide bonds. The molecule has 0 fully saturated rings. The monoisotopic (exact) mass is 528 g/mol. The van der Waals surface area contributed by atoms with E-state index in [9.17, 15) is 16.8 Å². The summed E-state index contributed by atoms with van der Waals surface area (Å²) in [5, 5.41) is 0.539. The van der Waals surface area contributed by atoms with Gasteiger partial charge in [0.1, 0.15) is 18.5 Å². The summed E-state index contributed by atoms with van der Waals surface area (Å²) in [5.41, 5.74) is 3.68. The van der Waals surface area contributed by atoms with Gasteiger partial charge in [-0.1, -0.05) is 59.1 Å². The van der Waals surface area contributed by atoms with Crippen LogP contribution in [0.3, 0.4) is 0 Å². The van der Waals surface area contributed by atoms with Crippen LogP contribution in [0.4, 0.5) is 0 Å². The Balaban J connectivity index is 1.54. The molecule has 2 aromatic heterocycles. The van der Waals surface area contributed by atoms with Crippen LogP contribution in [0.15, 0.2) is 101 Å². The Morgan fingerprint density at radius 3 is 1.95 bits per heavy atom. The van der Waals surface area contributed by atoms with Gasteiger partial charge in [-0.25, -0.2) is 17.4 Å². The van der Waals surface area contributed by atoms with Crippen molar-refractivity contribution in [1.29, 1.82) is 0 Å². The molecule has 2 radical (unpaired) electrons. The molecule has 0 unspecified atom stereocenters. The summed E-state index contributed by atoms with van der Waals surface area (Å²) < 4.78 is 58.6. The molecule has 0 aliphatic rings. The van der Waals surface area contributed by atoms with Crippen molar-refractivity contribution < 1.29 is 21.0 Å². The zero-order chi connectivity index (χ0) is 26.4. The highest BCUT2D eigenvalue weighted by atomic mass is 32.2. The van der Waals surface area contributed by atoms with Crippen molar-refractivity contribution in [2.24, 2.45) is 0 Å². The average molecular weight is 528 g/mol. The average Bonchev–Trinajstić information content (AvgIpc) is 3.24. The van der Waals surface area contributed by atoms with Gasteiger partial charge in [-0.2, -0.15) is 8.42 Å². The third kappa shape index (κ3) is 4.77. The van der Waals surface area contributed by atoms with Gasteiger partial charge >= 0.3 is 10.1 Å². The van der Waals surface area contributed by atoms with Gasteiger partial charge < -0.3 is 4.18 Å². The van der Waals surface area contributed by atoms with Crippen LogP contribution in [0.25, 0.3) is 22.2 Å². The number of hydrogen-bond acceptors (Lipinski definition) is 6. The summed E-state index contributed by atoms with van der Waals surface area (Å²) in [6, 6.07) is 20.9. The molecule has 0 saturated carbocycles. The standard InChI is InChI=1S/C27H21BN2O5S2/c1-18-3-11-23(12-4-18)36(31,32)30-17-26(25-15-21(28)16-29-27(25)30)20-7-9-22(10-8-20)35-37(33,34)24-13-5-19(2)6-14-24/h3-17H,1-2H3. The first-order valence-corrected chi connectivity index (χ1v) is 14.1. The van der Waals surface area contributed by atoms with Gasteiger partial charge in [-0.05, 0) is 55.8 Å². The number of fused-ring (bicyclic) bond motifs is 1. The van der Waals surface area contributed by atoms with Crippen LogP contribution >= 0.6 is 0 Å². The minimum Gasteiger partial charge on any atom is -0.379 e. The minimum absolute atomic E-state index is 0.0492. The number of benzene rings is 3. The van der Waals surface area contributed by atoms with Crippen LogP contribution in [0, 0.1) is 13.8 Å². The fourth-order valence-electron chi connectivity index (χ4n) is 3.90. The second-order valence-electron chi connectivity index (χ2n) is 8.67. The highest BCUT2D eigenvalue weighted by Crippen LogP contribution is 2.33. The van der Waals surface area contributed by atoms with Crippen molar-refractivity contribution in [1.82, 2.24) is 8.96 Å². The van der Waals surface area contributed by atoms with Gasteiger partial charge in [0, 0.05) is 23.3 Å². The van der Waals surface area contributed by atoms with E-state index in [0.717, 1.165) is 15.1 Å². The van der Waals surface area contributed by atoms with Crippen molar-refractivity contribution in [3.05, 3.63) is 102 Å². The molecule has 7 nitrogen and oxygen atoms in total. The Kier molecular flexibility index (Phi) is 6.17. The quantitative estimate of drug-likeness (QED) is 0.243. The van der Waals surface area contributed by atoms with Crippen LogP contribution < -0.4 is 9.65 Å². The molecule has 184 valence electrons. The molecule has 0 saturated heterocycles. The van der Waals surface area contributed by atoms with E-state index in [0.29, 0.717) is 22.0 Å². The first-order chi connectivity index (χ1) is 17.5. The van der Waals surface area contributed by atoms with Crippen LogP contribution in [0.1, 0.15) is 11.1 Å². The van der Waals surface area contributed by atoms with Crippen LogP contribution in [0.5, 0.6) is 5.75 Å². The van der Waals surface area contributed by atoms with Crippen molar-refractivity contribution in [3.8, 4) is 16.9 Å². The molecule has 0 aliphatic heterocycles. The maximum atomic E-state index is 13.5. The molecule has 5 rings (SSSR count). The first-order valence-electron chi connectivity index (χ1n) is 11.2. The van der Waals surface area contributed by atoms with Crippen LogP contribution in [-0.4, -0.2) is 33.6 Å².